The van der Waals surface area contributed by atoms with Gasteiger partial charge >= 0.3 is 5.97 Å². The zero-order valence-electron chi connectivity index (χ0n) is 16.1. The van der Waals surface area contributed by atoms with Crippen molar-refractivity contribution >= 4 is 11.8 Å². The molecule has 0 aliphatic heterocycles. The summed E-state index contributed by atoms with van der Waals surface area (Å²) in [7, 11) is 0. The van der Waals surface area contributed by atoms with Gasteiger partial charge in [0.1, 0.15) is 6.10 Å². The van der Waals surface area contributed by atoms with E-state index >= 15 is 0 Å². The molecule has 25 heavy (non-hydrogen) atoms. The van der Waals surface area contributed by atoms with Gasteiger partial charge in [-0.15, -0.1) is 0 Å². The van der Waals surface area contributed by atoms with Crippen molar-refractivity contribution in [3.8, 4) is 0 Å². The van der Waals surface area contributed by atoms with E-state index in [0.717, 1.165) is 32.1 Å². The quantitative estimate of drug-likeness (QED) is 0.648. The maximum atomic E-state index is 11.9. The van der Waals surface area contributed by atoms with Gasteiger partial charge in [0.05, 0.1) is 0 Å². The monoisotopic (exact) mass is 344 g/mol. The zero-order valence-corrected chi connectivity index (χ0v) is 16.1. The number of hydrogen-bond acceptors (Lipinski definition) is 3. The van der Waals surface area contributed by atoms with E-state index in [4.69, 9.17) is 4.74 Å². The summed E-state index contributed by atoms with van der Waals surface area (Å²) in [5.74, 6) is 2.86. The molecule has 0 aromatic heterocycles. The Morgan fingerprint density at radius 2 is 1.96 bits per heavy atom. The SMILES string of the molecule is CC(=O)O[C@H]1CC(C)[C@H]2[C@@H]3CCC4=CC(=O)CC[C@]4(C)[C@H]3CC[C@]12C. The lowest BCUT2D eigenvalue weighted by Gasteiger charge is -2.58. The lowest BCUT2D eigenvalue weighted by molar-refractivity contribution is -0.157. The van der Waals surface area contributed by atoms with Crippen LogP contribution in [-0.4, -0.2) is 17.9 Å². The summed E-state index contributed by atoms with van der Waals surface area (Å²) < 4.78 is 5.78. The molecule has 0 aromatic rings. The minimum Gasteiger partial charge on any atom is -0.462 e. The Kier molecular flexibility index (Phi) is 3.94. The van der Waals surface area contributed by atoms with E-state index in [1.807, 2.05) is 6.08 Å². The van der Waals surface area contributed by atoms with E-state index in [-0.39, 0.29) is 22.9 Å². The minimum absolute atomic E-state index is 0.0867. The zero-order chi connectivity index (χ0) is 18.0. The van der Waals surface area contributed by atoms with Crippen LogP contribution in [0.25, 0.3) is 0 Å². The van der Waals surface area contributed by atoms with Crippen molar-refractivity contribution in [1.82, 2.24) is 0 Å². The van der Waals surface area contributed by atoms with Crippen LogP contribution in [0.4, 0.5) is 0 Å². The molecule has 7 atom stereocenters. The van der Waals surface area contributed by atoms with E-state index in [1.54, 1.807) is 6.92 Å². The van der Waals surface area contributed by atoms with Crippen molar-refractivity contribution in [3.05, 3.63) is 11.6 Å². The van der Waals surface area contributed by atoms with E-state index in [0.29, 0.717) is 29.5 Å². The van der Waals surface area contributed by atoms with Crippen LogP contribution in [0.1, 0.15) is 72.6 Å². The van der Waals surface area contributed by atoms with E-state index in [1.165, 1.54) is 18.4 Å². The van der Waals surface area contributed by atoms with Gasteiger partial charge in [0.2, 0.25) is 0 Å². The number of esters is 1. The molecule has 0 saturated heterocycles. The summed E-state index contributed by atoms with van der Waals surface area (Å²) >= 11 is 0. The molecule has 0 aromatic carbocycles. The van der Waals surface area contributed by atoms with E-state index in [9.17, 15) is 9.59 Å². The molecule has 3 fully saturated rings. The second-order valence-electron chi connectivity index (χ2n) is 9.74. The summed E-state index contributed by atoms with van der Waals surface area (Å²) in [5.41, 5.74) is 1.78. The number of ketones is 1. The molecule has 0 bridgehead atoms. The normalized spacial score (nSPS) is 48.9. The third kappa shape index (κ3) is 2.44. The molecule has 4 rings (SSSR count). The molecule has 3 saturated carbocycles. The number of hydrogen-bond donors (Lipinski definition) is 0. The van der Waals surface area contributed by atoms with Gasteiger partial charge in [-0.05, 0) is 73.7 Å². The number of ether oxygens (including phenoxy) is 1. The Hall–Kier alpha value is -1.12. The van der Waals surface area contributed by atoms with Crippen LogP contribution in [0.5, 0.6) is 0 Å². The minimum atomic E-state index is -0.132. The van der Waals surface area contributed by atoms with Crippen molar-refractivity contribution in [2.75, 3.05) is 0 Å². The van der Waals surface area contributed by atoms with Gasteiger partial charge in [0.25, 0.3) is 0 Å². The largest absolute Gasteiger partial charge is 0.462 e. The van der Waals surface area contributed by atoms with E-state index in [2.05, 4.69) is 20.8 Å². The third-order valence-electron chi connectivity index (χ3n) is 8.50. The highest BCUT2D eigenvalue weighted by atomic mass is 16.5. The van der Waals surface area contributed by atoms with Gasteiger partial charge in [-0.1, -0.05) is 26.3 Å². The first kappa shape index (κ1) is 17.3. The number of carbonyl (C=O) groups excluding carboxylic acids is 2. The van der Waals surface area contributed by atoms with Crippen LogP contribution in [0.15, 0.2) is 11.6 Å². The predicted octanol–water partition coefficient (Wildman–Crippen LogP) is 4.70. The smallest absolute Gasteiger partial charge is 0.302 e. The van der Waals surface area contributed by atoms with E-state index < -0.39 is 0 Å². The first-order valence-electron chi connectivity index (χ1n) is 10.2. The highest BCUT2D eigenvalue weighted by Gasteiger charge is 2.61. The molecule has 4 aliphatic rings. The van der Waals surface area contributed by atoms with Crippen molar-refractivity contribution in [3.63, 3.8) is 0 Å². The Morgan fingerprint density at radius 1 is 1.20 bits per heavy atom. The van der Waals surface area contributed by atoms with Crippen molar-refractivity contribution in [2.45, 2.75) is 78.7 Å². The Bertz CT molecular complexity index is 635. The molecule has 0 amide bonds. The van der Waals surface area contributed by atoms with Crippen molar-refractivity contribution in [1.29, 1.82) is 0 Å². The summed E-state index contributed by atoms with van der Waals surface area (Å²) in [5, 5.41) is 0. The Morgan fingerprint density at radius 3 is 2.68 bits per heavy atom. The molecule has 0 spiro atoms. The summed E-state index contributed by atoms with van der Waals surface area (Å²) in [6.45, 7) is 8.72. The molecule has 4 aliphatic carbocycles. The molecule has 0 N–H and O–H groups in total. The second kappa shape index (κ2) is 5.69. The van der Waals surface area contributed by atoms with Crippen molar-refractivity contribution in [2.24, 2.45) is 34.5 Å². The number of rotatable bonds is 1. The fraction of sp³-hybridized carbons (Fsp3) is 0.818. The van der Waals surface area contributed by atoms with Crippen molar-refractivity contribution < 1.29 is 14.3 Å². The molecular formula is C22H32O3. The van der Waals surface area contributed by atoms with Gasteiger partial charge in [-0.3, -0.25) is 9.59 Å². The molecule has 1 unspecified atom stereocenters. The fourth-order valence-corrected chi connectivity index (χ4v) is 7.42. The molecule has 0 heterocycles. The van der Waals surface area contributed by atoms with Crippen LogP contribution in [0, 0.1) is 34.5 Å². The highest BCUT2D eigenvalue weighted by molar-refractivity contribution is 5.91. The topological polar surface area (TPSA) is 43.4 Å². The molecular weight excluding hydrogens is 312 g/mol. The summed E-state index contributed by atoms with van der Waals surface area (Å²) in [6, 6.07) is 0. The molecule has 3 nitrogen and oxygen atoms in total. The fourth-order valence-electron chi connectivity index (χ4n) is 7.42. The lowest BCUT2D eigenvalue weighted by Crippen LogP contribution is -2.52. The van der Waals surface area contributed by atoms with Gasteiger partial charge in [-0.25, -0.2) is 0 Å². The molecule has 138 valence electrons. The lowest BCUT2D eigenvalue weighted by atomic mass is 9.46. The number of fused-ring (bicyclic) bond motifs is 5. The van der Waals surface area contributed by atoms with Crippen LogP contribution < -0.4 is 0 Å². The first-order chi connectivity index (χ1) is 11.8. The highest BCUT2D eigenvalue weighted by Crippen LogP contribution is 2.66. The molecule has 0 radical (unpaired) electrons. The van der Waals surface area contributed by atoms with Gasteiger partial charge < -0.3 is 4.74 Å². The number of allylic oxidation sites excluding steroid dienone is 1. The first-order valence-corrected chi connectivity index (χ1v) is 10.2. The second-order valence-corrected chi connectivity index (χ2v) is 9.74. The Balaban J connectivity index is 1.66. The summed E-state index contributed by atoms with van der Waals surface area (Å²) in [6.07, 6.45) is 9.49. The maximum Gasteiger partial charge on any atom is 0.302 e. The van der Waals surface area contributed by atoms with Gasteiger partial charge in [-0.2, -0.15) is 0 Å². The van der Waals surface area contributed by atoms with Gasteiger partial charge in [0, 0.05) is 18.8 Å². The summed E-state index contributed by atoms with van der Waals surface area (Å²) in [4.78, 5) is 23.5. The third-order valence-corrected chi connectivity index (χ3v) is 8.50. The maximum absolute atomic E-state index is 11.9. The van der Waals surface area contributed by atoms with Crippen LogP contribution in [-0.2, 0) is 14.3 Å². The van der Waals surface area contributed by atoms with Crippen LogP contribution in [0.3, 0.4) is 0 Å². The number of carbonyl (C=O) groups is 2. The average molecular weight is 344 g/mol. The Labute approximate surface area is 151 Å². The molecule has 3 heteroatoms. The average Bonchev–Trinajstić information content (AvgIpc) is 2.78. The predicted molar refractivity (Wildman–Crippen MR) is 96.8 cm³/mol. The van der Waals surface area contributed by atoms with Crippen LogP contribution in [0.2, 0.25) is 0 Å². The standard InChI is InChI=1S/C22H32O3/c1-13-11-19(25-14(2)23)22(4)10-8-18-17(20(13)22)6-5-15-12-16(24)7-9-21(15,18)3/h12-13,17-20H,5-11H2,1-4H3/t13?,17-,18+,19+,20+,21+,22-/m1/s1. The van der Waals surface area contributed by atoms with Crippen LogP contribution >= 0.6 is 0 Å². The van der Waals surface area contributed by atoms with Gasteiger partial charge in [0.15, 0.2) is 5.78 Å².